The second kappa shape index (κ2) is 9.34. The van der Waals surface area contributed by atoms with Crippen LogP contribution in [-0.2, 0) is 0 Å². The van der Waals surface area contributed by atoms with Gasteiger partial charge in [0, 0.05) is 13.1 Å². The van der Waals surface area contributed by atoms with Crippen LogP contribution < -0.4 is 10.6 Å². The molecule has 0 amide bonds. The molecule has 1 fully saturated rings. The molecule has 144 valence electrons. The number of allylic oxidation sites excluding steroid dienone is 3. The van der Waals surface area contributed by atoms with E-state index in [-0.39, 0.29) is 6.04 Å². The highest BCUT2D eigenvalue weighted by Gasteiger charge is 2.24. The predicted octanol–water partition coefficient (Wildman–Crippen LogP) is 5.24. The van der Waals surface area contributed by atoms with E-state index < -0.39 is 7.92 Å². The zero-order valence-electron chi connectivity index (χ0n) is 16.7. The van der Waals surface area contributed by atoms with Gasteiger partial charge in [-0.15, -0.1) is 0 Å². The van der Waals surface area contributed by atoms with Gasteiger partial charge in [-0.2, -0.15) is 0 Å². The molecule has 0 radical (unpaired) electrons. The lowest BCUT2D eigenvalue weighted by atomic mass is 10.1. The van der Waals surface area contributed by atoms with Gasteiger partial charge >= 0.3 is 0 Å². The van der Waals surface area contributed by atoms with E-state index in [9.17, 15) is 0 Å². The largest absolute Gasteiger partial charge is 0.363 e. The quantitative estimate of drug-likeness (QED) is 0.376. The number of piperidine rings is 1. The normalized spacial score (nSPS) is 18.4. The fourth-order valence-electron chi connectivity index (χ4n) is 4.01. The molecule has 2 aromatic rings. The van der Waals surface area contributed by atoms with E-state index in [1.165, 1.54) is 40.8 Å². The minimum absolute atomic E-state index is 0.226. The van der Waals surface area contributed by atoms with E-state index in [1.54, 1.807) is 0 Å². The second-order valence-electron chi connectivity index (χ2n) is 7.56. The molecule has 2 aromatic carbocycles. The number of nitrogens with zero attached hydrogens (tertiary/aromatic N) is 2. The van der Waals surface area contributed by atoms with Crippen molar-refractivity contribution in [1.29, 1.82) is 0 Å². The van der Waals surface area contributed by atoms with Crippen molar-refractivity contribution in [3.8, 4) is 0 Å². The minimum atomic E-state index is -0.544. The number of benzene rings is 2. The van der Waals surface area contributed by atoms with Gasteiger partial charge in [0.1, 0.15) is 0 Å². The summed E-state index contributed by atoms with van der Waals surface area (Å²) in [6, 6.07) is 22.2. The van der Waals surface area contributed by atoms with Crippen LogP contribution in [0.15, 0.2) is 88.7 Å². The zero-order valence-corrected chi connectivity index (χ0v) is 17.6. The van der Waals surface area contributed by atoms with Gasteiger partial charge in [0.05, 0.1) is 12.4 Å². The van der Waals surface area contributed by atoms with Crippen LogP contribution in [0.5, 0.6) is 0 Å². The first-order valence-corrected chi connectivity index (χ1v) is 11.7. The summed E-state index contributed by atoms with van der Waals surface area (Å²) >= 11 is 0. The predicted molar refractivity (Wildman–Crippen MR) is 123 cm³/mol. The van der Waals surface area contributed by atoms with Gasteiger partial charge in [-0.05, 0) is 62.0 Å². The van der Waals surface area contributed by atoms with Crippen molar-refractivity contribution in [2.24, 2.45) is 4.99 Å². The van der Waals surface area contributed by atoms with Gasteiger partial charge in [0.2, 0.25) is 0 Å². The first-order valence-electron chi connectivity index (χ1n) is 10.4. The molecule has 1 atom stereocenters. The van der Waals surface area contributed by atoms with Gasteiger partial charge < -0.3 is 4.90 Å². The Hall–Kier alpha value is -2.18. The smallest absolute Gasteiger partial charge is 0.0857 e. The molecule has 3 heteroatoms. The van der Waals surface area contributed by atoms with Crippen LogP contribution in [0.4, 0.5) is 0 Å². The molecule has 0 N–H and O–H groups in total. The van der Waals surface area contributed by atoms with Crippen molar-refractivity contribution in [3.63, 3.8) is 0 Å². The maximum Gasteiger partial charge on any atom is 0.0857 e. The lowest BCUT2D eigenvalue weighted by Crippen LogP contribution is -2.28. The van der Waals surface area contributed by atoms with Crippen molar-refractivity contribution < 1.29 is 0 Å². The fraction of sp³-hybridized carbons (Fsp3) is 0.320. The highest BCUT2D eigenvalue weighted by molar-refractivity contribution is 7.77. The van der Waals surface area contributed by atoms with E-state index in [1.807, 2.05) is 0 Å². The van der Waals surface area contributed by atoms with Gasteiger partial charge in [0.15, 0.2) is 0 Å². The Balaban J connectivity index is 1.65. The Morgan fingerprint density at radius 2 is 1.50 bits per heavy atom. The highest BCUT2D eigenvalue weighted by atomic mass is 31.1. The van der Waals surface area contributed by atoms with E-state index >= 15 is 0 Å². The molecule has 1 aliphatic carbocycles. The summed E-state index contributed by atoms with van der Waals surface area (Å²) in [7, 11) is -0.544. The number of likely N-dealkylation sites (tertiary alicyclic amines) is 1. The molecule has 1 saturated heterocycles. The van der Waals surface area contributed by atoms with Crippen LogP contribution in [0.25, 0.3) is 0 Å². The Bertz CT molecular complexity index is 809. The molecule has 2 aliphatic rings. The van der Waals surface area contributed by atoms with Crippen LogP contribution in [0.2, 0.25) is 0 Å². The standard InChI is InChI=1S/C25H29N2P/c1-21(26-20-27-18-9-4-10-19-27)24-16-11-17-25(24)28(22-12-5-2-6-13-22)23-14-7-3-8-15-23/h2-3,5-8,11-15,17,20-21H,4,9-10,16,18-19H2,1H3/t21-/m1/s1. The number of aliphatic imine (C=N–C) groups is 1. The van der Waals surface area contributed by atoms with Gasteiger partial charge in [-0.25, -0.2) is 0 Å². The van der Waals surface area contributed by atoms with Crippen molar-refractivity contribution in [3.05, 3.63) is 83.7 Å². The topological polar surface area (TPSA) is 15.6 Å². The van der Waals surface area contributed by atoms with Gasteiger partial charge in [-0.1, -0.05) is 72.8 Å². The third-order valence-electron chi connectivity index (χ3n) is 5.56. The molecule has 1 heterocycles. The van der Waals surface area contributed by atoms with Crippen LogP contribution in [0.3, 0.4) is 0 Å². The van der Waals surface area contributed by atoms with E-state index in [0.717, 1.165) is 19.5 Å². The number of hydrogen-bond acceptors (Lipinski definition) is 1. The van der Waals surface area contributed by atoms with Crippen LogP contribution in [0, 0.1) is 0 Å². The monoisotopic (exact) mass is 388 g/mol. The molecule has 2 nitrogen and oxygen atoms in total. The Morgan fingerprint density at radius 3 is 2.11 bits per heavy atom. The lowest BCUT2D eigenvalue weighted by Gasteiger charge is -2.25. The minimum Gasteiger partial charge on any atom is -0.363 e. The summed E-state index contributed by atoms with van der Waals surface area (Å²) in [6.07, 6.45) is 11.8. The van der Waals surface area contributed by atoms with Crippen LogP contribution >= 0.6 is 7.92 Å². The first-order chi connectivity index (χ1) is 13.8. The first kappa shape index (κ1) is 19.2. The van der Waals surface area contributed by atoms with Crippen LogP contribution in [0.1, 0.15) is 32.6 Å². The molecular weight excluding hydrogens is 359 g/mol. The van der Waals surface area contributed by atoms with Gasteiger partial charge in [0.25, 0.3) is 0 Å². The third-order valence-corrected chi connectivity index (χ3v) is 8.11. The molecule has 0 spiro atoms. The van der Waals surface area contributed by atoms with Crippen molar-refractivity contribution in [2.45, 2.75) is 38.6 Å². The highest BCUT2D eigenvalue weighted by Crippen LogP contribution is 2.48. The maximum absolute atomic E-state index is 4.96. The number of hydrogen-bond donors (Lipinski definition) is 0. The average molecular weight is 388 g/mol. The van der Waals surface area contributed by atoms with Gasteiger partial charge in [-0.3, -0.25) is 4.99 Å². The molecule has 4 rings (SSSR count). The summed E-state index contributed by atoms with van der Waals surface area (Å²) in [5.74, 6) is 0. The fourth-order valence-corrected chi connectivity index (χ4v) is 6.63. The Labute approximate surface area is 170 Å². The van der Waals surface area contributed by atoms with Crippen molar-refractivity contribution >= 4 is 24.9 Å². The van der Waals surface area contributed by atoms with Crippen LogP contribution in [-0.4, -0.2) is 30.4 Å². The third kappa shape index (κ3) is 4.45. The average Bonchev–Trinajstić information content (AvgIpc) is 3.24. The molecule has 0 unspecified atom stereocenters. The molecular formula is C25H29N2P. The molecule has 0 saturated carbocycles. The maximum atomic E-state index is 4.96. The molecule has 1 aliphatic heterocycles. The van der Waals surface area contributed by atoms with Crippen molar-refractivity contribution in [2.75, 3.05) is 13.1 Å². The van der Waals surface area contributed by atoms with Crippen molar-refractivity contribution in [1.82, 2.24) is 4.90 Å². The number of rotatable bonds is 6. The molecule has 0 bridgehead atoms. The lowest BCUT2D eigenvalue weighted by molar-refractivity contribution is 0.349. The summed E-state index contributed by atoms with van der Waals surface area (Å²) in [5.41, 5.74) is 1.48. The summed E-state index contributed by atoms with van der Waals surface area (Å²) in [4.78, 5) is 7.35. The SMILES string of the molecule is C[C@@H](N=CN1CCCCC1)C1=C(P(c2ccccc2)c2ccccc2)C=CC1. The van der Waals surface area contributed by atoms with E-state index in [2.05, 4.69) is 91.0 Å². The summed E-state index contributed by atoms with van der Waals surface area (Å²) in [6.45, 7) is 4.56. The Morgan fingerprint density at radius 1 is 0.893 bits per heavy atom. The summed E-state index contributed by atoms with van der Waals surface area (Å²) in [5, 5.41) is 4.31. The molecule has 28 heavy (non-hydrogen) atoms. The zero-order chi connectivity index (χ0) is 19.2. The Kier molecular flexibility index (Phi) is 6.39. The summed E-state index contributed by atoms with van der Waals surface area (Å²) < 4.78 is 0. The molecule has 0 aromatic heterocycles. The van der Waals surface area contributed by atoms with E-state index in [0.29, 0.717) is 0 Å². The van der Waals surface area contributed by atoms with E-state index in [4.69, 9.17) is 4.99 Å². The second-order valence-corrected chi connectivity index (χ2v) is 9.75.